The fourth-order valence-electron chi connectivity index (χ4n) is 1.60. The van der Waals surface area contributed by atoms with E-state index in [4.69, 9.17) is 5.11 Å². The second kappa shape index (κ2) is 5.61. The molecular weight excluding hydrogens is 259 g/mol. The lowest BCUT2D eigenvalue weighted by Crippen LogP contribution is -2.43. The summed E-state index contributed by atoms with van der Waals surface area (Å²) in [5.41, 5.74) is -4.31. The van der Waals surface area contributed by atoms with Gasteiger partial charge in [-0.25, -0.2) is 0 Å². The Labute approximate surface area is 100 Å². The molecule has 1 heterocycles. The molecule has 1 unspecified atom stereocenters. The summed E-state index contributed by atoms with van der Waals surface area (Å²) < 4.78 is 35.6. The summed E-state index contributed by atoms with van der Waals surface area (Å²) in [5.74, 6) is -2.21. The zero-order valence-corrected chi connectivity index (χ0v) is 9.68. The van der Waals surface area contributed by atoms with E-state index in [0.717, 1.165) is 0 Å². The monoisotopic (exact) mass is 271 g/mol. The van der Waals surface area contributed by atoms with E-state index in [2.05, 4.69) is 0 Å². The van der Waals surface area contributed by atoms with Gasteiger partial charge in [0, 0.05) is 25.3 Å². The van der Waals surface area contributed by atoms with Crippen molar-refractivity contribution >= 4 is 23.6 Å². The van der Waals surface area contributed by atoms with E-state index >= 15 is 0 Å². The molecule has 0 aromatic carbocycles. The minimum Gasteiger partial charge on any atom is -0.481 e. The van der Waals surface area contributed by atoms with Crippen LogP contribution in [0.15, 0.2) is 0 Å². The van der Waals surface area contributed by atoms with Gasteiger partial charge < -0.3 is 10.0 Å². The van der Waals surface area contributed by atoms with Crippen molar-refractivity contribution in [2.75, 3.05) is 18.8 Å². The highest BCUT2D eigenvalue weighted by atomic mass is 32.2. The molecule has 0 radical (unpaired) electrons. The summed E-state index contributed by atoms with van der Waals surface area (Å²) in [7, 11) is 0. The van der Waals surface area contributed by atoms with Gasteiger partial charge in [-0.05, 0) is 18.2 Å². The number of carboxylic acid groups (broad SMARTS) is 1. The van der Waals surface area contributed by atoms with Crippen LogP contribution in [0.4, 0.5) is 13.2 Å². The predicted molar refractivity (Wildman–Crippen MR) is 55.5 cm³/mol. The van der Waals surface area contributed by atoms with Crippen LogP contribution in [-0.4, -0.2) is 46.2 Å². The maximum Gasteiger partial charge on any atom is 0.441 e. The molecule has 0 aromatic heterocycles. The van der Waals surface area contributed by atoms with Gasteiger partial charge in [0.05, 0.1) is 5.92 Å². The molecule has 1 aliphatic heterocycles. The number of carbonyl (C=O) groups is 2. The van der Waals surface area contributed by atoms with Gasteiger partial charge in [-0.15, -0.1) is 0 Å². The van der Waals surface area contributed by atoms with Crippen molar-refractivity contribution in [3.05, 3.63) is 0 Å². The number of piperidine rings is 1. The number of aliphatic carboxylic acids is 1. The molecule has 0 spiro atoms. The number of nitrogens with zero attached hydrogens (tertiary/aromatic N) is 1. The number of likely N-dealkylation sites (tertiary alicyclic amines) is 1. The zero-order valence-electron chi connectivity index (χ0n) is 8.87. The molecular formula is C9H12F3NO3S. The first kappa shape index (κ1) is 14.1. The number of amides is 1. The van der Waals surface area contributed by atoms with Crippen LogP contribution in [0.3, 0.4) is 0 Å². The quantitative estimate of drug-likeness (QED) is 0.843. The molecule has 8 heteroatoms. The highest BCUT2D eigenvalue weighted by molar-refractivity contribution is 8.00. The number of hydrogen-bond acceptors (Lipinski definition) is 3. The average Bonchev–Trinajstić information content (AvgIpc) is 2.18. The molecule has 1 amide bonds. The second-order valence-corrected chi connectivity index (χ2v) is 4.87. The van der Waals surface area contributed by atoms with Crippen LogP contribution in [0.25, 0.3) is 0 Å². The standard InChI is InChI=1S/C9H12F3NO3S/c10-9(11,12)17-4-3-13-5-6(8(15)16)1-2-7(13)14/h6H,1-5H2,(H,15,16). The normalized spacial score (nSPS) is 21.7. The van der Waals surface area contributed by atoms with Gasteiger partial charge in [0.1, 0.15) is 0 Å². The van der Waals surface area contributed by atoms with Crippen molar-refractivity contribution in [2.45, 2.75) is 18.3 Å². The molecule has 1 atom stereocenters. The minimum atomic E-state index is -4.31. The van der Waals surface area contributed by atoms with Crippen molar-refractivity contribution in [2.24, 2.45) is 5.92 Å². The summed E-state index contributed by atoms with van der Waals surface area (Å²) in [4.78, 5) is 23.3. The average molecular weight is 271 g/mol. The van der Waals surface area contributed by atoms with Gasteiger partial charge in [0.2, 0.25) is 5.91 Å². The molecule has 0 aromatic rings. The smallest absolute Gasteiger partial charge is 0.441 e. The topological polar surface area (TPSA) is 57.6 Å². The van der Waals surface area contributed by atoms with E-state index in [9.17, 15) is 22.8 Å². The first-order valence-electron chi connectivity index (χ1n) is 5.01. The fraction of sp³-hybridized carbons (Fsp3) is 0.778. The van der Waals surface area contributed by atoms with Crippen molar-refractivity contribution in [3.8, 4) is 0 Å². The van der Waals surface area contributed by atoms with Crippen LogP contribution < -0.4 is 0 Å². The number of rotatable bonds is 4. The third-order valence-electron chi connectivity index (χ3n) is 2.48. The van der Waals surface area contributed by atoms with Gasteiger partial charge in [-0.3, -0.25) is 9.59 Å². The Hall–Kier alpha value is -0.920. The Balaban J connectivity index is 2.40. The maximum atomic E-state index is 11.9. The van der Waals surface area contributed by atoms with Gasteiger partial charge in [0.25, 0.3) is 0 Å². The fourth-order valence-corrected chi connectivity index (χ4v) is 2.15. The van der Waals surface area contributed by atoms with Crippen LogP contribution in [0.2, 0.25) is 0 Å². The number of hydrogen-bond donors (Lipinski definition) is 1. The number of halogens is 3. The molecule has 1 saturated heterocycles. The predicted octanol–water partition coefficient (Wildman–Crippen LogP) is 1.56. The number of carbonyl (C=O) groups excluding carboxylic acids is 1. The van der Waals surface area contributed by atoms with Crippen LogP contribution in [0, 0.1) is 5.92 Å². The van der Waals surface area contributed by atoms with Crippen molar-refractivity contribution in [1.29, 1.82) is 0 Å². The Morgan fingerprint density at radius 3 is 2.71 bits per heavy atom. The minimum absolute atomic E-state index is 0.00653. The van der Waals surface area contributed by atoms with E-state index < -0.39 is 17.4 Å². The third-order valence-corrected chi connectivity index (χ3v) is 3.19. The van der Waals surface area contributed by atoms with Gasteiger partial charge in [-0.1, -0.05) is 0 Å². The lowest BCUT2D eigenvalue weighted by Gasteiger charge is -2.30. The highest BCUT2D eigenvalue weighted by Crippen LogP contribution is 2.30. The van der Waals surface area contributed by atoms with E-state index in [0.29, 0.717) is 0 Å². The molecule has 1 fully saturated rings. The number of thioether (sulfide) groups is 1. The Kier molecular flexibility index (Phi) is 4.67. The summed E-state index contributed by atoms with van der Waals surface area (Å²) in [6, 6.07) is 0. The molecule has 4 nitrogen and oxygen atoms in total. The van der Waals surface area contributed by atoms with E-state index in [1.807, 2.05) is 0 Å². The van der Waals surface area contributed by atoms with Crippen molar-refractivity contribution in [1.82, 2.24) is 4.90 Å². The Morgan fingerprint density at radius 2 is 2.18 bits per heavy atom. The molecule has 17 heavy (non-hydrogen) atoms. The Bertz CT molecular complexity index is 308. The van der Waals surface area contributed by atoms with Crippen LogP contribution in [-0.2, 0) is 9.59 Å². The van der Waals surface area contributed by atoms with E-state index in [1.54, 1.807) is 0 Å². The van der Waals surface area contributed by atoms with Crippen LogP contribution >= 0.6 is 11.8 Å². The molecule has 0 saturated carbocycles. The number of alkyl halides is 3. The van der Waals surface area contributed by atoms with E-state index in [-0.39, 0.29) is 49.4 Å². The zero-order chi connectivity index (χ0) is 13.1. The lowest BCUT2D eigenvalue weighted by atomic mass is 9.98. The largest absolute Gasteiger partial charge is 0.481 e. The maximum absolute atomic E-state index is 11.9. The summed E-state index contributed by atoms with van der Waals surface area (Å²) in [6.45, 7) is -0.0562. The van der Waals surface area contributed by atoms with Crippen molar-refractivity contribution in [3.63, 3.8) is 0 Å². The first-order valence-corrected chi connectivity index (χ1v) is 5.99. The second-order valence-electron chi connectivity index (χ2n) is 3.71. The molecule has 1 N–H and O–H groups in total. The van der Waals surface area contributed by atoms with Gasteiger partial charge in [0.15, 0.2) is 0 Å². The third kappa shape index (κ3) is 4.84. The van der Waals surface area contributed by atoms with Crippen molar-refractivity contribution < 1.29 is 27.9 Å². The Morgan fingerprint density at radius 1 is 1.53 bits per heavy atom. The van der Waals surface area contributed by atoms with Gasteiger partial charge in [-0.2, -0.15) is 13.2 Å². The van der Waals surface area contributed by atoms with E-state index in [1.165, 1.54) is 4.90 Å². The summed E-state index contributed by atoms with van der Waals surface area (Å²) >= 11 is -0.202. The van der Waals surface area contributed by atoms with Crippen LogP contribution in [0.1, 0.15) is 12.8 Å². The lowest BCUT2D eigenvalue weighted by molar-refractivity contribution is -0.147. The molecule has 98 valence electrons. The summed E-state index contributed by atoms with van der Waals surface area (Å²) in [6.07, 6.45) is 0.352. The van der Waals surface area contributed by atoms with Crippen LogP contribution in [0.5, 0.6) is 0 Å². The highest BCUT2D eigenvalue weighted by Gasteiger charge is 2.32. The molecule has 0 bridgehead atoms. The molecule has 1 aliphatic rings. The molecule has 1 rings (SSSR count). The number of carboxylic acids is 1. The SMILES string of the molecule is O=C(O)C1CCC(=O)N(CCSC(F)(F)F)C1. The molecule has 0 aliphatic carbocycles. The summed E-state index contributed by atoms with van der Waals surface area (Å²) in [5, 5.41) is 8.77. The first-order chi connectivity index (χ1) is 7.79. The van der Waals surface area contributed by atoms with Gasteiger partial charge >= 0.3 is 11.5 Å².